The topological polar surface area (TPSA) is 92.7 Å². The Morgan fingerprint density at radius 1 is 1.33 bits per heavy atom. The maximum Gasteiger partial charge on any atom is 0.238 e. The van der Waals surface area contributed by atoms with Crippen molar-refractivity contribution in [1.82, 2.24) is 19.9 Å². The Morgan fingerprint density at radius 2 is 2.22 bits per heavy atom. The minimum absolute atomic E-state index is 0.0960. The molecule has 1 atom stereocenters. The number of carbonyl (C=O) groups excluding carboxylic acids is 2. The summed E-state index contributed by atoms with van der Waals surface area (Å²) in [5.74, 6) is 1.77. The summed E-state index contributed by atoms with van der Waals surface area (Å²) in [6.45, 7) is 2.04. The molecule has 4 rings (SSSR count). The van der Waals surface area contributed by atoms with Crippen LogP contribution in [0, 0.1) is 5.41 Å². The van der Waals surface area contributed by atoms with Crippen LogP contribution in [-0.4, -0.2) is 58.4 Å². The zero-order valence-electron chi connectivity index (χ0n) is 15.5. The SMILES string of the molecule is CN1CCC[C@@]2(CCN(C(=O)CCCc3nc(-c4ccco4)no3)C2)C1=O. The molecule has 2 fully saturated rings. The lowest BCUT2D eigenvalue weighted by atomic mass is 9.78. The molecule has 0 unspecified atom stereocenters. The highest BCUT2D eigenvalue weighted by Crippen LogP contribution is 2.39. The number of furan rings is 1. The minimum Gasteiger partial charge on any atom is -0.461 e. The number of aromatic nitrogens is 2. The summed E-state index contributed by atoms with van der Waals surface area (Å²) in [7, 11) is 1.86. The highest BCUT2D eigenvalue weighted by Gasteiger charge is 2.48. The van der Waals surface area contributed by atoms with Gasteiger partial charge in [0.15, 0.2) is 5.76 Å². The third-order valence-corrected chi connectivity index (χ3v) is 5.65. The second kappa shape index (κ2) is 7.17. The van der Waals surface area contributed by atoms with Crippen molar-refractivity contribution in [3.05, 3.63) is 24.3 Å². The van der Waals surface area contributed by atoms with Crippen LogP contribution in [0.15, 0.2) is 27.3 Å². The zero-order chi connectivity index (χ0) is 18.9. The van der Waals surface area contributed by atoms with Gasteiger partial charge in [0, 0.05) is 39.5 Å². The Labute approximate surface area is 157 Å². The molecule has 2 aromatic heterocycles. The van der Waals surface area contributed by atoms with E-state index in [4.69, 9.17) is 8.94 Å². The van der Waals surface area contributed by atoms with Crippen LogP contribution in [0.25, 0.3) is 11.6 Å². The third-order valence-electron chi connectivity index (χ3n) is 5.65. The number of amides is 2. The van der Waals surface area contributed by atoms with E-state index in [1.54, 1.807) is 18.4 Å². The van der Waals surface area contributed by atoms with Crippen LogP contribution in [0.1, 0.15) is 38.0 Å². The van der Waals surface area contributed by atoms with E-state index >= 15 is 0 Å². The van der Waals surface area contributed by atoms with Gasteiger partial charge in [0.25, 0.3) is 0 Å². The van der Waals surface area contributed by atoms with Crippen LogP contribution >= 0.6 is 0 Å². The Hall–Kier alpha value is -2.64. The predicted octanol–water partition coefficient (Wildman–Crippen LogP) is 2.12. The number of hydrogen-bond acceptors (Lipinski definition) is 6. The summed E-state index contributed by atoms with van der Waals surface area (Å²) in [4.78, 5) is 33.1. The monoisotopic (exact) mass is 372 g/mol. The fourth-order valence-electron chi connectivity index (χ4n) is 4.14. The van der Waals surface area contributed by atoms with Gasteiger partial charge in [0.05, 0.1) is 11.7 Å². The van der Waals surface area contributed by atoms with E-state index < -0.39 is 0 Å². The first kappa shape index (κ1) is 17.8. The average Bonchev–Trinajstić information content (AvgIpc) is 3.40. The Kier molecular flexibility index (Phi) is 4.72. The van der Waals surface area contributed by atoms with Crippen molar-refractivity contribution in [1.29, 1.82) is 0 Å². The summed E-state index contributed by atoms with van der Waals surface area (Å²) in [5.41, 5.74) is -0.354. The molecule has 2 aliphatic rings. The van der Waals surface area contributed by atoms with E-state index in [-0.39, 0.29) is 17.2 Å². The zero-order valence-corrected chi connectivity index (χ0v) is 15.5. The fourth-order valence-corrected chi connectivity index (χ4v) is 4.14. The molecular weight excluding hydrogens is 348 g/mol. The molecule has 144 valence electrons. The molecule has 2 amide bonds. The Morgan fingerprint density at radius 3 is 3.04 bits per heavy atom. The number of rotatable bonds is 5. The molecule has 0 bridgehead atoms. The van der Waals surface area contributed by atoms with Gasteiger partial charge in [0.2, 0.25) is 23.5 Å². The summed E-state index contributed by atoms with van der Waals surface area (Å²) < 4.78 is 10.5. The lowest BCUT2D eigenvalue weighted by molar-refractivity contribution is -0.144. The van der Waals surface area contributed by atoms with Crippen molar-refractivity contribution in [3.8, 4) is 11.6 Å². The number of carbonyl (C=O) groups is 2. The van der Waals surface area contributed by atoms with Gasteiger partial charge in [-0.3, -0.25) is 9.59 Å². The molecule has 2 saturated heterocycles. The van der Waals surface area contributed by atoms with Gasteiger partial charge in [-0.2, -0.15) is 4.98 Å². The van der Waals surface area contributed by atoms with Crippen LogP contribution in [-0.2, 0) is 16.0 Å². The van der Waals surface area contributed by atoms with Crippen molar-refractivity contribution in [3.63, 3.8) is 0 Å². The summed E-state index contributed by atoms with van der Waals surface area (Å²) in [5, 5.41) is 3.89. The molecule has 1 spiro atoms. The highest BCUT2D eigenvalue weighted by molar-refractivity contribution is 5.85. The fraction of sp³-hybridized carbons (Fsp3) is 0.579. The Bertz CT molecular complexity index is 816. The number of hydrogen-bond donors (Lipinski definition) is 0. The van der Waals surface area contributed by atoms with Crippen LogP contribution in [0.2, 0.25) is 0 Å². The van der Waals surface area contributed by atoms with Crippen molar-refractivity contribution in [2.45, 2.75) is 38.5 Å². The van der Waals surface area contributed by atoms with E-state index in [1.807, 2.05) is 16.8 Å². The average molecular weight is 372 g/mol. The van der Waals surface area contributed by atoms with Gasteiger partial charge in [-0.15, -0.1) is 0 Å². The first-order valence-electron chi connectivity index (χ1n) is 9.47. The van der Waals surface area contributed by atoms with Crippen molar-refractivity contribution in [2.75, 3.05) is 26.7 Å². The van der Waals surface area contributed by atoms with Gasteiger partial charge in [-0.1, -0.05) is 5.16 Å². The van der Waals surface area contributed by atoms with Gasteiger partial charge < -0.3 is 18.7 Å². The van der Waals surface area contributed by atoms with Crippen LogP contribution < -0.4 is 0 Å². The van der Waals surface area contributed by atoms with Crippen molar-refractivity contribution >= 4 is 11.8 Å². The first-order chi connectivity index (χ1) is 13.1. The molecule has 0 N–H and O–H groups in total. The molecule has 2 aromatic rings. The molecule has 2 aliphatic heterocycles. The van der Waals surface area contributed by atoms with Crippen molar-refractivity contribution < 1.29 is 18.5 Å². The number of nitrogens with zero attached hydrogens (tertiary/aromatic N) is 4. The predicted molar refractivity (Wildman–Crippen MR) is 95.4 cm³/mol. The van der Waals surface area contributed by atoms with Crippen LogP contribution in [0.4, 0.5) is 0 Å². The highest BCUT2D eigenvalue weighted by atomic mass is 16.5. The number of aryl methyl sites for hydroxylation is 1. The van der Waals surface area contributed by atoms with Crippen LogP contribution in [0.5, 0.6) is 0 Å². The Balaban J connectivity index is 1.27. The van der Waals surface area contributed by atoms with Crippen LogP contribution in [0.3, 0.4) is 0 Å². The minimum atomic E-state index is -0.354. The van der Waals surface area contributed by atoms with E-state index in [0.717, 1.165) is 25.8 Å². The summed E-state index contributed by atoms with van der Waals surface area (Å²) in [6, 6.07) is 3.53. The lowest BCUT2D eigenvalue weighted by Crippen LogP contribution is -2.48. The van der Waals surface area contributed by atoms with Crippen molar-refractivity contribution in [2.24, 2.45) is 5.41 Å². The smallest absolute Gasteiger partial charge is 0.238 e. The number of piperidine rings is 1. The lowest BCUT2D eigenvalue weighted by Gasteiger charge is -2.37. The molecule has 0 saturated carbocycles. The molecule has 0 radical (unpaired) electrons. The maximum atomic E-state index is 12.6. The van der Waals surface area contributed by atoms with E-state index in [1.165, 1.54) is 0 Å². The van der Waals surface area contributed by atoms with Gasteiger partial charge in [-0.25, -0.2) is 0 Å². The molecular formula is C19H24N4O4. The van der Waals surface area contributed by atoms with Gasteiger partial charge >= 0.3 is 0 Å². The molecule has 8 nitrogen and oxygen atoms in total. The molecule has 27 heavy (non-hydrogen) atoms. The normalized spacial score (nSPS) is 22.8. The molecule has 0 aromatic carbocycles. The van der Waals surface area contributed by atoms with E-state index in [0.29, 0.717) is 49.8 Å². The molecule has 8 heteroatoms. The summed E-state index contributed by atoms with van der Waals surface area (Å²) in [6.07, 6.45) is 5.82. The quantitative estimate of drug-likeness (QED) is 0.798. The number of likely N-dealkylation sites (tertiary alicyclic amines) is 2. The maximum absolute atomic E-state index is 12.6. The second-order valence-electron chi connectivity index (χ2n) is 7.52. The second-order valence-corrected chi connectivity index (χ2v) is 7.52. The van der Waals surface area contributed by atoms with E-state index in [9.17, 15) is 9.59 Å². The van der Waals surface area contributed by atoms with Gasteiger partial charge in [-0.05, 0) is 37.8 Å². The summed E-state index contributed by atoms with van der Waals surface area (Å²) >= 11 is 0. The molecule has 0 aliphatic carbocycles. The molecule has 4 heterocycles. The van der Waals surface area contributed by atoms with E-state index in [2.05, 4.69) is 10.1 Å². The standard InChI is InChI=1S/C19H24N4O4/c1-22-10-4-8-19(18(22)25)9-11-23(13-19)16(24)7-2-6-15-20-17(21-27-15)14-5-3-12-26-14/h3,5,12H,2,4,6-11,13H2,1H3/t19-/m0/s1. The van der Waals surface area contributed by atoms with Gasteiger partial charge in [0.1, 0.15) is 0 Å². The first-order valence-corrected chi connectivity index (χ1v) is 9.47. The third kappa shape index (κ3) is 3.48. The largest absolute Gasteiger partial charge is 0.461 e.